The molecule has 0 aliphatic heterocycles. The number of allylic oxidation sites excluding steroid dienone is 2. The predicted molar refractivity (Wildman–Crippen MR) is 95.3 cm³/mol. The lowest BCUT2D eigenvalue weighted by Crippen LogP contribution is -2.56. The standard InChI is InChI=1S/C21H28O3/c1-4-5-6-7-8-13-9-18(23)20(19(24)10-13)14-11-17(22)16-12-15(14)21(16,2)3/h5-6,9-10,14-16,23-24H,4,7-8,11-12H2,1-3H3. The minimum atomic E-state index is -0.0634. The van der Waals surface area contributed by atoms with Gasteiger partial charge in [-0.2, -0.15) is 0 Å². The van der Waals surface area contributed by atoms with Crippen molar-refractivity contribution in [1.29, 1.82) is 0 Å². The summed E-state index contributed by atoms with van der Waals surface area (Å²) in [6.45, 7) is 6.37. The SMILES string of the molecule is CCC=CCCc1cc(O)c(C2CC(=O)C3CC2C3(C)C)c(O)c1. The van der Waals surface area contributed by atoms with Gasteiger partial charge in [0.1, 0.15) is 17.3 Å². The maximum atomic E-state index is 12.4. The van der Waals surface area contributed by atoms with Gasteiger partial charge in [-0.15, -0.1) is 0 Å². The van der Waals surface area contributed by atoms with Gasteiger partial charge in [-0.05, 0) is 54.7 Å². The second-order valence-corrected chi connectivity index (χ2v) is 7.96. The molecule has 1 aromatic carbocycles. The van der Waals surface area contributed by atoms with E-state index in [1.165, 1.54) is 0 Å². The van der Waals surface area contributed by atoms with Crippen molar-refractivity contribution in [1.82, 2.24) is 0 Å². The number of Topliss-reactive ketones (excluding diaryl/α,β-unsaturated/α-hetero) is 1. The van der Waals surface area contributed by atoms with Crippen molar-refractivity contribution in [3.8, 4) is 11.5 Å². The third-order valence-electron chi connectivity index (χ3n) is 6.21. The van der Waals surface area contributed by atoms with Gasteiger partial charge in [0.15, 0.2) is 0 Å². The molecule has 3 aliphatic rings. The van der Waals surface area contributed by atoms with Gasteiger partial charge < -0.3 is 10.2 Å². The molecule has 0 radical (unpaired) electrons. The van der Waals surface area contributed by atoms with Crippen molar-refractivity contribution in [3.63, 3.8) is 0 Å². The largest absolute Gasteiger partial charge is 0.508 e. The smallest absolute Gasteiger partial charge is 0.137 e. The Morgan fingerprint density at radius 3 is 2.42 bits per heavy atom. The van der Waals surface area contributed by atoms with Crippen molar-refractivity contribution in [2.24, 2.45) is 17.3 Å². The van der Waals surface area contributed by atoms with E-state index in [1.807, 2.05) is 0 Å². The second-order valence-electron chi connectivity index (χ2n) is 7.96. The van der Waals surface area contributed by atoms with Gasteiger partial charge in [-0.3, -0.25) is 4.79 Å². The maximum Gasteiger partial charge on any atom is 0.137 e. The minimum Gasteiger partial charge on any atom is -0.508 e. The lowest BCUT2D eigenvalue weighted by molar-refractivity contribution is -0.151. The molecule has 3 heteroatoms. The van der Waals surface area contributed by atoms with Crippen molar-refractivity contribution in [3.05, 3.63) is 35.4 Å². The van der Waals surface area contributed by atoms with Crippen LogP contribution in [0.4, 0.5) is 0 Å². The summed E-state index contributed by atoms with van der Waals surface area (Å²) in [4.78, 5) is 12.4. The molecule has 3 unspecified atom stereocenters. The first-order chi connectivity index (χ1) is 11.4. The predicted octanol–water partition coefficient (Wildman–Crippen LogP) is 4.72. The summed E-state index contributed by atoms with van der Waals surface area (Å²) in [6.07, 6.45) is 8.28. The van der Waals surface area contributed by atoms with E-state index in [1.54, 1.807) is 12.1 Å². The average molecular weight is 328 g/mol. The van der Waals surface area contributed by atoms with E-state index in [4.69, 9.17) is 0 Å². The first kappa shape index (κ1) is 17.1. The summed E-state index contributed by atoms with van der Waals surface area (Å²) in [6, 6.07) is 3.52. The molecule has 3 fully saturated rings. The fourth-order valence-corrected chi connectivity index (χ4v) is 4.73. The molecule has 24 heavy (non-hydrogen) atoms. The first-order valence-electron chi connectivity index (χ1n) is 9.08. The topological polar surface area (TPSA) is 57.5 Å². The molecule has 0 saturated heterocycles. The highest BCUT2D eigenvalue weighted by molar-refractivity contribution is 5.86. The molecule has 3 nitrogen and oxygen atoms in total. The number of carbonyl (C=O) groups excluding carboxylic acids is 1. The summed E-state index contributed by atoms with van der Waals surface area (Å²) < 4.78 is 0. The number of aryl methyl sites for hydroxylation is 1. The van der Waals surface area contributed by atoms with Crippen LogP contribution < -0.4 is 0 Å². The summed E-state index contributed by atoms with van der Waals surface area (Å²) >= 11 is 0. The number of fused-ring (bicyclic) bond motifs is 2. The molecule has 3 aliphatic carbocycles. The lowest BCUT2D eigenvalue weighted by Gasteiger charge is -2.59. The molecular formula is C21H28O3. The quantitative estimate of drug-likeness (QED) is 0.769. The molecule has 4 rings (SSSR count). The van der Waals surface area contributed by atoms with Gasteiger partial charge >= 0.3 is 0 Å². The molecule has 0 heterocycles. The summed E-state index contributed by atoms with van der Waals surface area (Å²) in [5.74, 6) is 1.02. The zero-order valence-corrected chi connectivity index (χ0v) is 14.9. The Kier molecular flexibility index (Phi) is 4.46. The minimum absolute atomic E-state index is 0.0253. The van der Waals surface area contributed by atoms with E-state index >= 15 is 0 Å². The summed E-state index contributed by atoms with van der Waals surface area (Å²) in [5.41, 5.74) is 1.48. The van der Waals surface area contributed by atoms with Crippen LogP contribution in [0.3, 0.4) is 0 Å². The molecule has 2 bridgehead atoms. The van der Waals surface area contributed by atoms with E-state index in [0.29, 0.717) is 17.9 Å². The van der Waals surface area contributed by atoms with Crippen LogP contribution in [-0.4, -0.2) is 16.0 Å². The van der Waals surface area contributed by atoms with Crippen molar-refractivity contribution in [2.75, 3.05) is 0 Å². The second kappa shape index (κ2) is 6.27. The number of hydrogen-bond acceptors (Lipinski definition) is 3. The number of aromatic hydroxyl groups is 2. The Balaban J connectivity index is 1.84. The van der Waals surface area contributed by atoms with Gasteiger partial charge in [-0.25, -0.2) is 0 Å². The molecule has 0 aromatic heterocycles. The van der Waals surface area contributed by atoms with Gasteiger partial charge in [0, 0.05) is 23.8 Å². The molecule has 2 N–H and O–H groups in total. The molecular weight excluding hydrogens is 300 g/mol. The van der Waals surface area contributed by atoms with Crippen LogP contribution in [0.1, 0.15) is 63.5 Å². The van der Waals surface area contributed by atoms with Crippen LogP contribution in [0.2, 0.25) is 0 Å². The number of phenolic OH excluding ortho intramolecular Hbond substituents is 2. The van der Waals surface area contributed by atoms with Crippen molar-refractivity contribution < 1.29 is 15.0 Å². The number of rotatable bonds is 5. The van der Waals surface area contributed by atoms with E-state index in [2.05, 4.69) is 32.9 Å². The monoisotopic (exact) mass is 328 g/mol. The van der Waals surface area contributed by atoms with Gasteiger partial charge in [0.05, 0.1) is 0 Å². The zero-order valence-electron chi connectivity index (χ0n) is 14.9. The fraction of sp³-hybridized carbons (Fsp3) is 0.571. The molecule has 1 aromatic rings. The number of hydrogen-bond donors (Lipinski definition) is 2. The number of phenols is 2. The molecule has 3 saturated carbocycles. The Labute approximate surface area is 144 Å². The van der Waals surface area contributed by atoms with Crippen LogP contribution in [0.25, 0.3) is 0 Å². The zero-order chi connectivity index (χ0) is 17.5. The average Bonchev–Trinajstić information content (AvgIpc) is 2.50. The molecule has 0 spiro atoms. The summed E-state index contributed by atoms with van der Waals surface area (Å²) in [5, 5.41) is 21.1. The number of carbonyl (C=O) groups is 1. The molecule has 130 valence electrons. The Hall–Kier alpha value is -1.77. The first-order valence-corrected chi connectivity index (χ1v) is 9.08. The van der Waals surface area contributed by atoms with E-state index < -0.39 is 0 Å². The van der Waals surface area contributed by atoms with Gasteiger partial charge in [0.25, 0.3) is 0 Å². The van der Waals surface area contributed by atoms with Crippen molar-refractivity contribution >= 4 is 5.78 Å². The van der Waals surface area contributed by atoms with Crippen LogP contribution in [0, 0.1) is 17.3 Å². The van der Waals surface area contributed by atoms with Crippen molar-refractivity contribution in [2.45, 2.75) is 58.8 Å². The third kappa shape index (κ3) is 2.74. The highest BCUT2D eigenvalue weighted by Crippen LogP contribution is 2.64. The highest BCUT2D eigenvalue weighted by atomic mass is 16.3. The lowest BCUT2D eigenvalue weighted by atomic mass is 9.44. The van der Waals surface area contributed by atoms with Crippen LogP contribution in [0.15, 0.2) is 24.3 Å². The van der Waals surface area contributed by atoms with E-state index in [9.17, 15) is 15.0 Å². The maximum absolute atomic E-state index is 12.4. The van der Waals surface area contributed by atoms with E-state index in [-0.39, 0.29) is 34.5 Å². The molecule has 3 atom stereocenters. The number of benzene rings is 1. The van der Waals surface area contributed by atoms with Crippen LogP contribution in [0.5, 0.6) is 11.5 Å². The number of ketones is 1. The Morgan fingerprint density at radius 1 is 1.21 bits per heavy atom. The normalized spacial score (nSPS) is 28.1. The van der Waals surface area contributed by atoms with Crippen LogP contribution >= 0.6 is 0 Å². The Bertz CT molecular complexity index is 649. The summed E-state index contributed by atoms with van der Waals surface area (Å²) in [7, 11) is 0. The van der Waals surface area contributed by atoms with Gasteiger partial charge in [0.2, 0.25) is 0 Å². The highest BCUT2D eigenvalue weighted by Gasteiger charge is 2.59. The third-order valence-corrected chi connectivity index (χ3v) is 6.21. The van der Waals surface area contributed by atoms with E-state index in [0.717, 1.165) is 31.2 Å². The van der Waals surface area contributed by atoms with Crippen LogP contribution in [-0.2, 0) is 11.2 Å². The molecule has 0 amide bonds. The Morgan fingerprint density at radius 2 is 1.88 bits per heavy atom. The van der Waals surface area contributed by atoms with Gasteiger partial charge in [-0.1, -0.05) is 32.9 Å². The fourth-order valence-electron chi connectivity index (χ4n) is 4.73.